The van der Waals surface area contributed by atoms with Crippen LogP contribution in [0.2, 0.25) is 0 Å². The number of nitrogens with one attached hydrogen (secondary N) is 1. The molecule has 0 aliphatic carbocycles. The van der Waals surface area contributed by atoms with E-state index >= 15 is 0 Å². The Bertz CT molecular complexity index is 908. The monoisotopic (exact) mass is 385 g/mol. The minimum absolute atomic E-state index is 0.203. The van der Waals surface area contributed by atoms with Gasteiger partial charge in [-0.1, -0.05) is 40.2 Å². The maximum absolute atomic E-state index is 12.8. The molecule has 3 rings (SSSR count). The van der Waals surface area contributed by atoms with E-state index in [2.05, 4.69) is 21.2 Å². The van der Waals surface area contributed by atoms with E-state index < -0.39 is 0 Å². The Hall–Kier alpha value is -2.53. The summed E-state index contributed by atoms with van der Waals surface area (Å²) in [4.78, 5) is 12.8. The third-order valence-corrected chi connectivity index (χ3v) is 4.46. The van der Waals surface area contributed by atoms with Gasteiger partial charge in [-0.25, -0.2) is 0 Å². The molecule has 0 unspecified atom stereocenters. The number of hydrogen-bond acceptors (Lipinski definition) is 3. The summed E-state index contributed by atoms with van der Waals surface area (Å²) in [5, 5.41) is 4.77. The Balaban J connectivity index is 2.01. The van der Waals surface area contributed by atoms with Gasteiger partial charge in [-0.05, 0) is 35.0 Å². The van der Waals surface area contributed by atoms with Gasteiger partial charge in [0, 0.05) is 16.1 Å². The fourth-order valence-corrected chi connectivity index (χ4v) is 3.07. The van der Waals surface area contributed by atoms with Crippen molar-refractivity contribution in [3.8, 4) is 11.5 Å². The summed E-state index contributed by atoms with van der Waals surface area (Å²) >= 11 is 3.52. The quantitative estimate of drug-likeness (QED) is 0.696. The number of anilines is 1. The summed E-state index contributed by atoms with van der Waals surface area (Å²) in [6.07, 6.45) is 0. The lowest BCUT2D eigenvalue weighted by Gasteiger charge is -2.13. The third kappa shape index (κ3) is 3.08. The Morgan fingerprint density at radius 1 is 0.958 bits per heavy atom. The van der Waals surface area contributed by atoms with Crippen LogP contribution >= 0.6 is 15.9 Å². The Kier molecular flexibility index (Phi) is 4.71. The third-order valence-electron chi connectivity index (χ3n) is 3.77. The molecular weight excluding hydrogens is 370 g/mol. The van der Waals surface area contributed by atoms with Crippen molar-refractivity contribution in [2.24, 2.45) is 0 Å². The molecule has 24 heavy (non-hydrogen) atoms. The van der Waals surface area contributed by atoms with E-state index in [4.69, 9.17) is 9.47 Å². The van der Waals surface area contributed by atoms with Crippen LogP contribution in [0.25, 0.3) is 10.8 Å². The largest absolute Gasteiger partial charge is 0.497 e. The molecule has 0 aliphatic rings. The molecule has 0 aliphatic heterocycles. The van der Waals surface area contributed by atoms with Crippen molar-refractivity contribution < 1.29 is 14.3 Å². The number of carbonyl (C=O) groups excluding carboxylic acids is 1. The van der Waals surface area contributed by atoms with Crippen LogP contribution in [0.3, 0.4) is 0 Å². The predicted octanol–water partition coefficient (Wildman–Crippen LogP) is 4.87. The molecule has 0 spiro atoms. The summed E-state index contributed by atoms with van der Waals surface area (Å²) < 4.78 is 11.5. The first-order valence-corrected chi connectivity index (χ1v) is 8.14. The molecule has 4 nitrogen and oxygen atoms in total. The second kappa shape index (κ2) is 6.93. The van der Waals surface area contributed by atoms with Crippen LogP contribution in [0, 0.1) is 0 Å². The normalized spacial score (nSPS) is 10.5. The zero-order valence-electron chi connectivity index (χ0n) is 13.3. The first kappa shape index (κ1) is 16.3. The number of ether oxygens (including phenoxy) is 2. The summed E-state index contributed by atoms with van der Waals surface area (Å²) in [5.41, 5.74) is 1.16. The van der Waals surface area contributed by atoms with Crippen LogP contribution in [0.1, 0.15) is 10.4 Å². The van der Waals surface area contributed by atoms with E-state index in [1.165, 1.54) is 0 Å². The van der Waals surface area contributed by atoms with E-state index in [0.29, 0.717) is 22.7 Å². The number of carbonyl (C=O) groups is 1. The number of fused-ring (bicyclic) bond motifs is 1. The number of benzene rings is 3. The molecule has 122 valence electrons. The zero-order chi connectivity index (χ0) is 17.1. The van der Waals surface area contributed by atoms with Crippen molar-refractivity contribution in [2.75, 3.05) is 19.5 Å². The molecule has 0 fully saturated rings. The predicted molar refractivity (Wildman–Crippen MR) is 99.1 cm³/mol. The number of amides is 1. The second-order valence-electron chi connectivity index (χ2n) is 5.16. The van der Waals surface area contributed by atoms with Gasteiger partial charge in [0.05, 0.1) is 19.9 Å². The van der Waals surface area contributed by atoms with Crippen molar-refractivity contribution in [3.05, 3.63) is 64.6 Å². The van der Waals surface area contributed by atoms with Crippen LogP contribution < -0.4 is 14.8 Å². The Labute approximate surface area is 148 Å². The standard InChI is InChI=1S/C19H16BrNO3/c1-23-12-9-10-18(24-2)17(11-12)21-19(22)15-7-3-6-14-13(15)5-4-8-16(14)20/h3-11H,1-2H3,(H,21,22). The van der Waals surface area contributed by atoms with Crippen molar-refractivity contribution in [3.63, 3.8) is 0 Å². The van der Waals surface area contributed by atoms with Gasteiger partial charge in [0.2, 0.25) is 0 Å². The maximum Gasteiger partial charge on any atom is 0.256 e. The van der Waals surface area contributed by atoms with Crippen molar-refractivity contribution in [2.45, 2.75) is 0 Å². The van der Waals surface area contributed by atoms with E-state index in [9.17, 15) is 4.79 Å². The second-order valence-corrected chi connectivity index (χ2v) is 6.02. The molecule has 3 aromatic carbocycles. The van der Waals surface area contributed by atoms with Gasteiger partial charge >= 0.3 is 0 Å². The molecule has 1 N–H and O–H groups in total. The van der Waals surface area contributed by atoms with Crippen LogP contribution in [0.15, 0.2) is 59.1 Å². The van der Waals surface area contributed by atoms with Crippen molar-refractivity contribution in [1.82, 2.24) is 0 Å². The highest BCUT2D eigenvalue weighted by Gasteiger charge is 2.14. The molecule has 0 saturated carbocycles. The molecule has 0 atom stereocenters. The fourth-order valence-electron chi connectivity index (χ4n) is 2.57. The lowest BCUT2D eigenvalue weighted by Crippen LogP contribution is -2.13. The lowest BCUT2D eigenvalue weighted by atomic mass is 10.0. The van der Waals surface area contributed by atoms with Gasteiger partial charge in [0.25, 0.3) is 5.91 Å². The summed E-state index contributed by atoms with van der Waals surface area (Å²) in [7, 11) is 3.14. The maximum atomic E-state index is 12.8. The molecule has 0 aromatic heterocycles. The van der Waals surface area contributed by atoms with Gasteiger partial charge < -0.3 is 14.8 Å². The van der Waals surface area contributed by atoms with Crippen LogP contribution in [-0.4, -0.2) is 20.1 Å². The Morgan fingerprint density at radius 3 is 2.46 bits per heavy atom. The first-order chi connectivity index (χ1) is 11.6. The van der Waals surface area contributed by atoms with Gasteiger partial charge in [0.15, 0.2) is 0 Å². The average molecular weight is 386 g/mol. The molecule has 0 bridgehead atoms. The average Bonchev–Trinajstić information content (AvgIpc) is 2.61. The summed E-state index contributed by atoms with van der Waals surface area (Å²) in [5.74, 6) is 1.02. The molecule has 3 aromatic rings. The molecule has 1 amide bonds. The smallest absolute Gasteiger partial charge is 0.256 e. The topological polar surface area (TPSA) is 47.6 Å². The highest BCUT2D eigenvalue weighted by molar-refractivity contribution is 9.10. The molecule has 0 saturated heterocycles. The number of hydrogen-bond donors (Lipinski definition) is 1. The first-order valence-electron chi connectivity index (χ1n) is 7.34. The van der Waals surface area contributed by atoms with Gasteiger partial charge in [-0.3, -0.25) is 4.79 Å². The summed E-state index contributed by atoms with van der Waals surface area (Å²) in [6, 6.07) is 16.7. The van der Waals surface area contributed by atoms with Gasteiger partial charge in [0.1, 0.15) is 11.5 Å². The minimum Gasteiger partial charge on any atom is -0.497 e. The number of methoxy groups -OCH3 is 2. The lowest BCUT2D eigenvalue weighted by molar-refractivity contribution is 0.102. The van der Waals surface area contributed by atoms with Crippen molar-refractivity contribution >= 4 is 38.3 Å². The highest BCUT2D eigenvalue weighted by Crippen LogP contribution is 2.31. The fraction of sp³-hybridized carbons (Fsp3) is 0.105. The molecule has 0 heterocycles. The molecule has 5 heteroatoms. The van der Waals surface area contributed by atoms with Gasteiger partial charge in [-0.15, -0.1) is 0 Å². The molecule has 0 radical (unpaired) electrons. The van der Waals surface area contributed by atoms with Crippen LogP contribution in [0.5, 0.6) is 11.5 Å². The minimum atomic E-state index is -0.203. The number of rotatable bonds is 4. The molecular formula is C19H16BrNO3. The van der Waals surface area contributed by atoms with Crippen LogP contribution in [0.4, 0.5) is 5.69 Å². The van der Waals surface area contributed by atoms with E-state index in [-0.39, 0.29) is 5.91 Å². The SMILES string of the molecule is COc1ccc(OC)c(NC(=O)c2cccc3c(Br)cccc23)c1. The van der Waals surface area contributed by atoms with Crippen molar-refractivity contribution in [1.29, 1.82) is 0 Å². The van der Waals surface area contributed by atoms with E-state index in [1.54, 1.807) is 38.5 Å². The van der Waals surface area contributed by atoms with E-state index in [1.807, 2.05) is 30.3 Å². The Morgan fingerprint density at radius 2 is 1.71 bits per heavy atom. The van der Waals surface area contributed by atoms with Gasteiger partial charge in [-0.2, -0.15) is 0 Å². The summed E-state index contributed by atoms with van der Waals surface area (Å²) in [6.45, 7) is 0. The number of halogens is 1. The van der Waals surface area contributed by atoms with E-state index in [0.717, 1.165) is 15.2 Å². The highest BCUT2D eigenvalue weighted by atomic mass is 79.9. The van der Waals surface area contributed by atoms with Crippen LogP contribution in [-0.2, 0) is 0 Å². The zero-order valence-corrected chi connectivity index (χ0v) is 14.9.